The Hall–Kier alpha value is -0.600. The Morgan fingerprint density at radius 1 is 1.53 bits per heavy atom. The third kappa shape index (κ3) is 6.04. The van der Waals surface area contributed by atoms with Crippen LogP contribution in [0.5, 0.6) is 0 Å². The van der Waals surface area contributed by atoms with E-state index in [-0.39, 0.29) is 6.54 Å². The zero-order valence-corrected chi connectivity index (χ0v) is 10.9. The standard InChI is InChI=1S/C9H9BrF3NO2S/c10-6-1-7(17-4-6)2-14(3-8(15)16)5-9(11,12)13/h1,4H,2-3,5H2,(H,15,16). The Kier molecular flexibility index (Phi) is 4.96. The molecule has 0 unspecified atom stereocenters. The van der Waals surface area contributed by atoms with Crippen LogP contribution in [0.3, 0.4) is 0 Å². The van der Waals surface area contributed by atoms with Gasteiger partial charge in [-0.3, -0.25) is 9.69 Å². The third-order valence-electron chi connectivity index (χ3n) is 1.76. The normalized spacial score (nSPS) is 12.1. The molecule has 1 N–H and O–H groups in total. The predicted octanol–water partition coefficient (Wildman–Crippen LogP) is 2.96. The minimum Gasteiger partial charge on any atom is -0.480 e. The van der Waals surface area contributed by atoms with E-state index in [4.69, 9.17) is 5.11 Å². The van der Waals surface area contributed by atoms with Gasteiger partial charge in [0.05, 0.1) is 13.1 Å². The molecule has 0 aliphatic rings. The third-order valence-corrected chi connectivity index (χ3v) is 3.45. The second-order valence-electron chi connectivity index (χ2n) is 3.39. The van der Waals surface area contributed by atoms with E-state index in [1.807, 2.05) is 0 Å². The summed E-state index contributed by atoms with van der Waals surface area (Å²) in [6, 6.07) is 1.68. The smallest absolute Gasteiger partial charge is 0.401 e. The monoisotopic (exact) mass is 331 g/mol. The van der Waals surface area contributed by atoms with Crippen molar-refractivity contribution in [2.24, 2.45) is 0 Å². The summed E-state index contributed by atoms with van der Waals surface area (Å²) < 4.78 is 37.4. The molecule has 0 radical (unpaired) electrons. The Morgan fingerprint density at radius 3 is 2.59 bits per heavy atom. The van der Waals surface area contributed by atoms with E-state index >= 15 is 0 Å². The lowest BCUT2D eigenvalue weighted by molar-refractivity contribution is -0.154. The van der Waals surface area contributed by atoms with Crippen LogP contribution in [-0.4, -0.2) is 35.2 Å². The highest BCUT2D eigenvalue weighted by Gasteiger charge is 2.31. The number of aliphatic carboxylic acids is 1. The molecule has 0 saturated carbocycles. The van der Waals surface area contributed by atoms with E-state index in [0.717, 1.165) is 9.37 Å². The van der Waals surface area contributed by atoms with E-state index in [9.17, 15) is 18.0 Å². The van der Waals surface area contributed by atoms with Crippen LogP contribution in [0.25, 0.3) is 0 Å². The van der Waals surface area contributed by atoms with Gasteiger partial charge in [0.15, 0.2) is 0 Å². The molecule has 96 valence electrons. The van der Waals surface area contributed by atoms with Gasteiger partial charge in [-0.2, -0.15) is 13.2 Å². The quantitative estimate of drug-likeness (QED) is 0.901. The van der Waals surface area contributed by atoms with Crippen molar-refractivity contribution in [3.63, 3.8) is 0 Å². The highest BCUT2D eigenvalue weighted by atomic mass is 79.9. The van der Waals surface area contributed by atoms with E-state index in [1.165, 1.54) is 11.3 Å². The van der Waals surface area contributed by atoms with E-state index < -0.39 is 25.2 Å². The summed E-state index contributed by atoms with van der Waals surface area (Å²) in [7, 11) is 0. The van der Waals surface area contributed by atoms with Crippen molar-refractivity contribution in [3.8, 4) is 0 Å². The molecule has 0 bridgehead atoms. The van der Waals surface area contributed by atoms with Crippen molar-refractivity contribution in [1.82, 2.24) is 4.90 Å². The van der Waals surface area contributed by atoms with E-state index in [1.54, 1.807) is 11.4 Å². The molecule has 0 atom stereocenters. The lowest BCUT2D eigenvalue weighted by Crippen LogP contribution is -2.37. The summed E-state index contributed by atoms with van der Waals surface area (Å²) >= 11 is 4.47. The molecular weight excluding hydrogens is 323 g/mol. The molecule has 0 fully saturated rings. The second kappa shape index (κ2) is 5.83. The van der Waals surface area contributed by atoms with Crippen LogP contribution < -0.4 is 0 Å². The number of carbonyl (C=O) groups is 1. The largest absolute Gasteiger partial charge is 0.480 e. The minimum atomic E-state index is -4.40. The van der Waals surface area contributed by atoms with Crippen molar-refractivity contribution in [2.75, 3.05) is 13.1 Å². The average molecular weight is 332 g/mol. The minimum absolute atomic E-state index is 0.0257. The van der Waals surface area contributed by atoms with Crippen molar-refractivity contribution in [2.45, 2.75) is 12.7 Å². The number of thiophene rings is 1. The summed E-state index contributed by atoms with van der Waals surface area (Å²) in [5.74, 6) is -1.27. The number of nitrogens with zero attached hydrogens (tertiary/aromatic N) is 1. The van der Waals surface area contributed by atoms with Gasteiger partial charge in [-0.25, -0.2) is 0 Å². The van der Waals surface area contributed by atoms with Gasteiger partial charge in [0.2, 0.25) is 0 Å². The SMILES string of the molecule is O=C(O)CN(Cc1cc(Br)cs1)CC(F)(F)F. The van der Waals surface area contributed by atoms with Gasteiger partial charge in [0, 0.05) is 21.3 Å². The topological polar surface area (TPSA) is 40.5 Å². The molecule has 1 aromatic heterocycles. The lowest BCUT2D eigenvalue weighted by Gasteiger charge is -2.20. The van der Waals surface area contributed by atoms with Gasteiger partial charge in [-0.15, -0.1) is 11.3 Å². The van der Waals surface area contributed by atoms with Crippen molar-refractivity contribution < 1.29 is 23.1 Å². The van der Waals surface area contributed by atoms with E-state index in [2.05, 4.69) is 15.9 Å². The molecule has 0 saturated heterocycles. The van der Waals surface area contributed by atoms with Crippen LogP contribution in [0.4, 0.5) is 13.2 Å². The number of carboxylic acids is 1. The second-order valence-corrected chi connectivity index (χ2v) is 5.30. The zero-order chi connectivity index (χ0) is 13.1. The molecule has 0 aliphatic heterocycles. The van der Waals surface area contributed by atoms with Crippen LogP contribution in [0.2, 0.25) is 0 Å². The molecule has 1 aromatic rings. The Labute approximate surface area is 108 Å². The van der Waals surface area contributed by atoms with Crippen molar-refractivity contribution in [3.05, 3.63) is 20.8 Å². The van der Waals surface area contributed by atoms with Crippen molar-refractivity contribution in [1.29, 1.82) is 0 Å². The van der Waals surface area contributed by atoms with Crippen LogP contribution in [0, 0.1) is 0 Å². The number of hydrogen-bond acceptors (Lipinski definition) is 3. The summed E-state index contributed by atoms with van der Waals surface area (Å²) in [6.45, 7) is -1.88. The fourth-order valence-electron chi connectivity index (χ4n) is 1.27. The molecule has 0 aliphatic carbocycles. The number of rotatable bonds is 5. The average Bonchev–Trinajstić information content (AvgIpc) is 2.46. The molecule has 17 heavy (non-hydrogen) atoms. The first-order valence-electron chi connectivity index (χ1n) is 4.50. The first kappa shape index (κ1) is 14.5. The van der Waals surface area contributed by atoms with Gasteiger partial charge < -0.3 is 5.11 Å². The van der Waals surface area contributed by atoms with Gasteiger partial charge in [-0.05, 0) is 22.0 Å². The fourth-order valence-corrected chi connectivity index (χ4v) is 2.76. The Morgan fingerprint density at radius 2 is 2.18 bits per heavy atom. The Bertz CT molecular complexity index is 394. The summed E-state index contributed by atoms with van der Waals surface area (Å²) in [6.07, 6.45) is -4.40. The summed E-state index contributed by atoms with van der Waals surface area (Å²) in [5.41, 5.74) is 0. The van der Waals surface area contributed by atoms with Crippen LogP contribution in [-0.2, 0) is 11.3 Å². The highest BCUT2D eigenvalue weighted by molar-refractivity contribution is 9.10. The fraction of sp³-hybridized carbons (Fsp3) is 0.444. The zero-order valence-electron chi connectivity index (χ0n) is 8.50. The Balaban J connectivity index is 2.66. The molecule has 1 rings (SSSR count). The highest BCUT2D eigenvalue weighted by Crippen LogP contribution is 2.23. The molecule has 1 heterocycles. The molecule has 0 amide bonds. The van der Waals surface area contributed by atoms with E-state index in [0.29, 0.717) is 4.88 Å². The first-order valence-corrected chi connectivity index (χ1v) is 6.17. The first-order chi connectivity index (χ1) is 7.76. The van der Waals surface area contributed by atoms with Crippen molar-refractivity contribution >= 4 is 33.2 Å². The number of hydrogen-bond donors (Lipinski definition) is 1. The maximum atomic E-state index is 12.2. The summed E-state index contributed by atoms with van der Waals surface area (Å²) in [4.78, 5) is 12.0. The van der Waals surface area contributed by atoms with Crippen LogP contribution >= 0.6 is 27.3 Å². The predicted molar refractivity (Wildman–Crippen MR) is 61.0 cm³/mol. The summed E-state index contributed by atoms with van der Waals surface area (Å²) in [5, 5.41) is 10.3. The molecule has 0 spiro atoms. The maximum absolute atomic E-state index is 12.2. The number of carboxylic acid groups (broad SMARTS) is 1. The van der Waals surface area contributed by atoms with Gasteiger partial charge in [-0.1, -0.05) is 0 Å². The molecule has 3 nitrogen and oxygen atoms in total. The lowest BCUT2D eigenvalue weighted by atomic mass is 10.4. The molecule has 0 aromatic carbocycles. The molecule has 8 heteroatoms. The molecular formula is C9H9BrF3NO2S. The number of alkyl halides is 3. The van der Waals surface area contributed by atoms with Crippen LogP contribution in [0.15, 0.2) is 15.9 Å². The van der Waals surface area contributed by atoms with Gasteiger partial charge >= 0.3 is 12.1 Å². The maximum Gasteiger partial charge on any atom is 0.401 e. The van der Waals surface area contributed by atoms with Gasteiger partial charge in [0.1, 0.15) is 0 Å². The number of halogens is 4. The van der Waals surface area contributed by atoms with Crippen LogP contribution in [0.1, 0.15) is 4.88 Å². The van der Waals surface area contributed by atoms with Gasteiger partial charge in [0.25, 0.3) is 0 Å².